The number of rotatable bonds is 6. The Balaban J connectivity index is 1.65. The molecule has 168 valence electrons. The van der Waals surface area contributed by atoms with Crippen LogP contribution in [0.15, 0.2) is 53.4 Å². The van der Waals surface area contributed by atoms with Gasteiger partial charge in [0.2, 0.25) is 15.9 Å². The Morgan fingerprint density at radius 3 is 2.29 bits per heavy atom. The van der Waals surface area contributed by atoms with Gasteiger partial charge in [0.1, 0.15) is 6.04 Å². The summed E-state index contributed by atoms with van der Waals surface area (Å²) in [6, 6.07) is 13.9. The summed E-state index contributed by atoms with van der Waals surface area (Å²) in [5.74, 6) is -0.249. The van der Waals surface area contributed by atoms with Crippen molar-refractivity contribution in [2.24, 2.45) is 0 Å². The van der Waals surface area contributed by atoms with E-state index < -0.39 is 16.1 Å². The van der Waals surface area contributed by atoms with E-state index in [9.17, 15) is 13.2 Å². The number of ether oxygens (including phenoxy) is 1. The number of carbonyl (C=O) groups is 1. The van der Waals surface area contributed by atoms with Gasteiger partial charge in [-0.15, -0.1) is 0 Å². The molecule has 7 nitrogen and oxygen atoms in total. The lowest BCUT2D eigenvalue weighted by atomic mass is 9.87. The molecule has 0 spiro atoms. The number of morpholine rings is 1. The van der Waals surface area contributed by atoms with Gasteiger partial charge in [0.05, 0.1) is 18.1 Å². The van der Waals surface area contributed by atoms with Gasteiger partial charge in [-0.2, -0.15) is 4.31 Å². The lowest BCUT2D eigenvalue weighted by Gasteiger charge is -2.26. The molecule has 0 radical (unpaired) electrons. The van der Waals surface area contributed by atoms with E-state index in [1.807, 2.05) is 24.3 Å². The van der Waals surface area contributed by atoms with Gasteiger partial charge in [-0.25, -0.2) is 8.42 Å². The molecule has 0 aromatic heterocycles. The van der Waals surface area contributed by atoms with Crippen LogP contribution in [0.5, 0.6) is 0 Å². The lowest BCUT2D eigenvalue weighted by Crippen LogP contribution is -2.40. The van der Waals surface area contributed by atoms with E-state index in [0.717, 1.165) is 5.69 Å². The summed E-state index contributed by atoms with van der Waals surface area (Å²) in [5, 5.41) is 5.99. The molecule has 0 saturated carbocycles. The molecule has 1 saturated heterocycles. The Hall–Kier alpha value is -2.42. The first-order chi connectivity index (χ1) is 14.6. The molecule has 2 N–H and O–H groups in total. The Kier molecular flexibility index (Phi) is 7.03. The molecule has 0 bridgehead atoms. The van der Waals surface area contributed by atoms with Crippen molar-refractivity contribution in [2.45, 2.75) is 44.0 Å². The average molecular weight is 446 g/mol. The minimum absolute atomic E-state index is 0.0636. The highest BCUT2D eigenvalue weighted by molar-refractivity contribution is 7.89. The van der Waals surface area contributed by atoms with Crippen molar-refractivity contribution in [2.75, 3.05) is 36.9 Å². The Bertz CT molecular complexity index is 1010. The van der Waals surface area contributed by atoms with Gasteiger partial charge in [-0.3, -0.25) is 4.79 Å². The average Bonchev–Trinajstić information content (AvgIpc) is 2.74. The number of hydrogen-bond donors (Lipinski definition) is 2. The molecule has 1 amide bonds. The van der Waals surface area contributed by atoms with Crippen molar-refractivity contribution >= 4 is 27.3 Å². The summed E-state index contributed by atoms with van der Waals surface area (Å²) in [7, 11) is -3.62. The Labute approximate surface area is 184 Å². The van der Waals surface area contributed by atoms with E-state index in [-0.39, 0.29) is 16.2 Å². The first-order valence-corrected chi connectivity index (χ1v) is 11.9. The maximum atomic E-state index is 12.8. The number of sulfonamides is 1. The van der Waals surface area contributed by atoms with E-state index in [2.05, 4.69) is 31.4 Å². The summed E-state index contributed by atoms with van der Waals surface area (Å²) < 4.78 is 32.3. The number of hydrogen-bond acceptors (Lipinski definition) is 5. The number of carbonyl (C=O) groups excluding carboxylic acids is 1. The maximum absolute atomic E-state index is 12.8. The van der Waals surface area contributed by atoms with Crippen LogP contribution < -0.4 is 10.6 Å². The summed E-state index contributed by atoms with van der Waals surface area (Å²) in [6.45, 7) is 9.64. The minimum atomic E-state index is -3.62. The number of nitrogens with zero attached hydrogens (tertiary/aromatic N) is 1. The van der Waals surface area contributed by atoms with Gasteiger partial charge in [0, 0.05) is 24.5 Å². The number of amides is 1. The van der Waals surface area contributed by atoms with Crippen molar-refractivity contribution in [1.82, 2.24) is 4.31 Å². The molecule has 2 aromatic carbocycles. The standard InChI is InChI=1S/C23H31N3O4S/c1-17(24-19-10-8-18(9-11-19)23(2,3)4)22(27)25-20-6-5-7-21(16-20)31(28,29)26-12-14-30-15-13-26/h5-11,16-17,24H,12-15H2,1-4H3,(H,25,27)/t17-/m0/s1. The van der Waals surface area contributed by atoms with Crippen LogP contribution in [0.2, 0.25) is 0 Å². The first-order valence-electron chi connectivity index (χ1n) is 10.4. The number of benzene rings is 2. The van der Waals surface area contributed by atoms with Crippen LogP contribution >= 0.6 is 0 Å². The summed E-state index contributed by atoms with van der Waals surface area (Å²) in [6.07, 6.45) is 0. The number of nitrogens with one attached hydrogen (secondary N) is 2. The SMILES string of the molecule is C[C@H](Nc1ccc(C(C)(C)C)cc1)C(=O)Nc1cccc(S(=O)(=O)N2CCOCC2)c1. The highest BCUT2D eigenvalue weighted by Crippen LogP contribution is 2.24. The fraction of sp³-hybridized carbons (Fsp3) is 0.435. The second-order valence-electron chi connectivity index (χ2n) is 8.73. The lowest BCUT2D eigenvalue weighted by molar-refractivity contribution is -0.116. The Morgan fingerprint density at radius 2 is 1.68 bits per heavy atom. The molecule has 1 heterocycles. The largest absolute Gasteiger partial charge is 0.379 e. The van der Waals surface area contributed by atoms with Crippen molar-refractivity contribution in [3.05, 3.63) is 54.1 Å². The van der Waals surface area contributed by atoms with Gasteiger partial charge in [-0.05, 0) is 48.2 Å². The molecule has 0 unspecified atom stereocenters. The topological polar surface area (TPSA) is 87.7 Å². The quantitative estimate of drug-likeness (QED) is 0.711. The van der Waals surface area contributed by atoms with Crippen molar-refractivity contribution in [1.29, 1.82) is 0 Å². The van der Waals surface area contributed by atoms with Gasteiger partial charge >= 0.3 is 0 Å². The molecule has 1 fully saturated rings. The molecule has 0 aliphatic carbocycles. The third kappa shape index (κ3) is 5.84. The molecular formula is C23H31N3O4S. The minimum Gasteiger partial charge on any atom is -0.379 e. The van der Waals surface area contributed by atoms with Crippen molar-refractivity contribution in [3.63, 3.8) is 0 Å². The van der Waals surface area contributed by atoms with E-state index in [1.165, 1.54) is 15.9 Å². The molecule has 8 heteroatoms. The van der Waals surface area contributed by atoms with Gasteiger partial charge in [-0.1, -0.05) is 39.0 Å². The van der Waals surface area contributed by atoms with E-state index in [1.54, 1.807) is 25.1 Å². The van der Waals surface area contributed by atoms with Crippen LogP contribution in [0.25, 0.3) is 0 Å². The fourth-order valence-electron chi connectivity index (χ4n) is 3.30. The van der Waals surface area contributed by atoms with Crippen LogP contribution in [0.4, 0.5) is 11.4 Å². The van der Waals surface area contributed by atoms with Crippen molar-refractivity contribution < 1.29 is 17.9 Å². The zero-order chi connectivity index (χ0) is 22.6. The molecule has 1 aliphatic rings. The van der Waals surface area contributed by atoms with Crippen LogP contribution in [0.3, 0.4) is 0 Å². The smallest absolute Gasteiger partial charge is 0.246 e. The zero-order valence-corrected chi connectivity index (χ0v) is 19.3. The molecule has 2 aromatic rings. The fourth-order valence-corrected chi connectivity index (χ4v) is 4.76. The third-order valence-electron chi connectivity index (χ3n) is 5.24. The summed E-state index contributed by atoms with van der Waals surface area (Å²) in [4.78, 5) is 12.8. The molecular weight excluding hydrogens is 414 g/mol. The van der Waals surface area contributed by atoms with Crippen LogP contribution in [0, 0.1) is 0 Å². The second-order valence-corrected chi connectivity index (χ2v) is 10.7. The highest BCUT2D eigenvalue weighted by Gasteiger charge is 2.26. The predicted molar refractivity (Wildman–Crippen MR) is 123 cm³/mol. The molecule has 31 heavy (non-hydrogen) atoms. The van der Waals surface area contributed by atoms with Crippen molar-refractivity contribution in [3.8, 4) is 0 Å². The molecule has 1 atom stereocenters. The first kappa shape index (κ1) is 23.2. The second kappa shape index (κ2) is 9.38. The van der Waals surface area contributed by atoms with E-state index in [4.69, 9.17) is 4.74 Å². The van der Waals surface area contributed by atoms with Crippen LogP contribution in [-0.4, -0.2) is 51.0 Å². The molecule has 3 rings (SSSR count). The normalized spacial score (nSPS) is 16.5. The maximum Gasteiger partial charge on any atom is 0.246 e. The molecule has 1 aliphatic heterocycles. The zero-order valence-electron chi connectivity index (χ0n) is 18.5. The summed E-state index contributed by atoms with van der Waals surface area (Å²) in [5.41, 5.74) is 2.57. The van der Waals surface area contributed by atoms with Crippen LogP contribution in [0.1, 0.15) is 33.3 Å². The monoisotopic (exact) mass is 445 g/mol. The van der Waals surface area contributed by atoms with Crippen LogP contribution in [-0.2, 0) is 25.0 Å². The van der Waals surface area contributed by atoms with Gasteiger partial charge in [0.25, 0.3) is 0 Å². The van der Waals surface area contributed by atoms with E-state index >= 15 is 0 Å². The number of anilines is 2. The third-order valence-corrected chi connectivity index (χ3v) is 7.13. The van der Waals surface area contributed by atoms with Gasteiger partial charge < -0.3 is 15.4 Å². The van der Waals surface area contributed by atoms with E-state index in [0.29, 0.717) is 32.0 Å². The summed E-state index contributed by atoms with van der Waals surface area (Å²) >= 11 is 0. The highest BCUT2D eigenvalue weighted by atomic mass is 32.2. The predicted octanol–water partition coefficient (Wildman–Crippen LogP) is 3.44. The van der Waals surface area contributed by atoms with Gasteiger partial charge in [0.15, 0.2) is 0 Å². The Morgan fingerprint density at radius 1 is 1.03 bits per heavy atom.